The summed E-state index contributed by atoms with van der Waals surface area (Å²) >= 11 is 6.07. The van der Waals surface area contributed by atoms with Crippen LogP contribution in [0.2, 0.25) is 5.15 Å². The van der Waals surface area contributed by atoms with E-state index in [2.05, 4.69) is 15.2 Å². The Hall–Kier alpha value is -2.20. The summed E-state index contributed by atoms with van der Waals surface area (Å²) in [6.07, 6.45) is 3.40. The fourth-order valence-corrected chi connectivity index (χ4v) is 2.35. The molecular formula is C15H12ClN3O. The SMILES string of the molecule is COc1cc(C)ccc1-c1nnc(Cl)c2cnccc12. The van der Waals surface area contributed by atoms with Crippen LogP contribution in [0.3, 0.4) is 0 Å². The van der Waals surface area contributed by atoms with Crippen molar-refractivity contribution in [2.24, 2.45) is 0 Å². The molecule has 3 rings (SSSR count). The molecule has 0 N–H and O–H groups in total. The largest absolute Gasteiger partial charge is 0.496 e. The summed E-state index contributed by atoms with van der Waals surface area (Å²) < 4.78 is 5.44. The van der Waals surface area contributed by atoms with Crippen molar-refractivity contribution < 1.29 is 4.74 Å². The number of hydrogen-bond acceptors (Lipinski definition) is 4. The third-order valence-electron chi connectivity index (χ3n) is 3.15. The number of benzene rings is 1. The van der Waals surface area contributed by atoms with E-state index in [4.69, 9.17) is 16.3 Å². The first-order valence-electron chi connectivity index (χ1n) is 6.11. The highest BCUT2D eigenvalue weighted by Gasteiger charge is 2.13. The van der Waals surface area contributed by atoms with Crippen molar-refractivity contribution in [2.45, 2.75) is 6.92 Å². The number of halogens is 1. The first-order chi connectivity index (χ1) is 9.70. The van der Waals surface area contributed by atoms with Crippen molar-refractivity contribution in [2.75, 3.05) is 7.11 Å². The van der Waals surface area contributed by atoms with Crippen LogP contribution in [0, 0.1) is 6.92 Å². The molecule has 2 aromatic heterocycles. The summed E-state index contributed by atoms with van der Waals surface area (Å²) in [5.74, 6) is 0.764. The number of hydrogen-bond donors (Lipinski definition) is 0. The minimum atomic E-state index is 0.350. The van der Waals surface area contributed by atoms with Gasteiger partial charge in [-0.15, -0.1) is 10.2 Å². The molecule has 0 aliphatic rings. The summed E-state index contributed by atoms with van der Waals surface area (Å²) in [7, 11) is 1.64. The minimum absolute atomic E-state index is 0.350. The Morgan fingerprint density at radius 2 is 1.95 bits per heavy atom. The van der Waals surface area contributed by atoms with Crippen molar-refractivity contribution in [1.29, 1.82) is 0 Å². The monoisotopic (exact) mass is 285 g/mol. The highest BCUT2D eigenvalue weighted by Crippen LogP contribution is 2.34. The Balaban J connectivity index is 2.33. The van der Waals surface area contributed by atoms with E-state index in [1.54, 1.807) is 19.5 Å². The highest BCUT2D eigenvalue weighted by atomic mass is 35.5. The van der Waals surface area contributed by atoms with Gasteiger partial charge in [-0.2, -0.15) is 0 Å². The van der Waals surface area contributed by atoms with Gasteiger partial charge in [-0.05, 0) is 30.7 Å². The molecule has 0 saturated carbocycles. The van der Waals surface area contributed by atoms with Gasteiger partial charge in [0, 0.05) is 28.7 Å². The fraction of sp³-hybridized carbons (Fsp3) is 0.133. The maximum Gasteiger partial charge on any atom is 0.161 e. The van der Waals surface area contributed by atoms with E-state index < -0.39 is 0 Å². The number of aryl methyl sites for hydroxylation is 1. The normalized spacial score (nSPS) is 10.8. The second kappa shape index (κ2) is 5.06. The standard InChI is InChI=1S/C15H12ClN3O/c1-9-3-4-11(13(7-9)20-2)14-10-5-6-17-8-12(10)15(16)19-18-14/h3-8H,1-2H3. The molecule has 0 aliphatic heterocycles. The van der Waals surface area contributed by atoms with Crippen LogP contribution >= 0.6 is 11.6 Å². The molecule has 5 heteroatoms. The first kappa shape index (κ1) is 12.8. The molecule has 0 atom stereocenters. The quantitative estimate of drug-likeness (QED) is 0.721. The Labute approximate surface area is 121 Å². The lowest BCUT2D eigenvalue weighted by Crippen LogP contribution is -1.95. The van der Waals surface area contributed by atoms with E-state index in [9.17, 15) is 0 Å². The first-order valence-corrected chi connectivity index (χ1v) is 6.49. The van der Waals surface area contributed by atoms with Crippen LogP contribution in [0.5, 0.6) is 5.75 Å². The van der Waals surface area contributed by atoms with Gasteiger partial charge in [-0.25, -0.2) is 0 Å². The molecule has 4 nitrogen and oxygen atoms in total. The van der Waals surface area contributed by atoms with Gasteiger partial charge in [0.15, 0.2) is 5.15 Å². The zero-order chi connectivity index (χ0) is 14.1. The van der Waals surface area contributed by atoms with E-state index in [0.29, 0.717) is 5.15 Å². The fourth-order valence-electron chi connectivity index (χ4n) is 2.16. The third kappa shape index (κ3) is 2.08. The summed E-state index contributed by atoms with van der Waals surface area (Å²) in [5.41, 5.74) is 2.75. The minimum Gasteiger partial charge on any atom is -0.496 e. The molecule has 0 aliphatic carbocycles. The van der Waals surface area contributed by atoms with Crippen LogP contribution in [-0.2, 0) is 0 Å². The number of methoxy groups -OCH3 is 1. The Bertz CT molecular complexity index is 789. The lowest BCUT2D eigenvalue weighted by molar-refractivity contribution is 0.416. The van der Waals surface area contributed by atoms with E-state index >= 15 is 0 Å². The van der Waals surface area contributed by atoms with E-state index in [0.717, 1.165) is 33.3 Å². The summed E-state index contributed by atoms with van der Waals surface area (Å²) in [4.78, 5) is 4.08. The zero-order valence-electron chi connectivity index (χ0n) is 11.1. The molecule has 0 saturated heterocycles. The Morgan fingerprint density at radius 1 is 1.10 bits per heavy atom. The second-order valence-electron chi connectivity index (χ2n) is 4.46. The predicted molar refractivity (Wildman–Crippen MR) is 79.1 cm³/mol. The molecule has 0 radical (unpaired) electrons. The molecule has 3 aromatic rings. The third-order valence-corrected chi connectivity index (χ3v) is 3.43. The van der Waals surface area contributed by atoms with Gasteiger partial charge < -0.3 is 4.74 Å². The maximum atomic E-state index is 6.07. The lowest BCUT2D eigenvalue weighted by atomic mass is 10.0. The van der Waals surface area contributed by atoms with Crippen LogP contribution in [0.1, 0.15) is 5.56 Å². The van der Waals surface area contributed by atoms with Crippen LogP contribution in [-0.4, -0.2) is 22.3 Å². The summed E-state index contributed by atoms with van der Waals surface area (Å²) in [6, 6.07) is 7.84. The molecule has 0 bridgehead atoms. The van der Waals surface area contributed by atoms with Crippen molar-refractivity contribution in [3.63, 3.8) is 0 Å². The van der Waals surface area contributed by atoms with Crippen LogP contribution in [0.15, 0.2) is 36.7 Å². The Kier molecular flexibility index (Phi) is 3.24. The predicted octanol–water partition coefficient (Wildman–Crippen LogP) is 3.66. The van der Waals surface area contributed by atoms with Crippen molar-refractivity contribution >= 4 is 22.4 Å². The summed E-state index contributed by atoms with van der Waals surface area (Å²) in [5, 5.41) is 10.3. The number of ether oxygens (including phenoxy) is 1. The van der Waals surface area contributed by atoms with Crippen molar-refractivity contribution in [3.05, 3.63) is 47.4 Å². The molecule has 100 valence electrons. The molecule has 0 amide bonds. The van der Waals surface area contributed by atoms with Crippen molar-refractivity contribution in [3.8, 4) is 17.0 Å². The Morgan fingerprint density at radius 3 is 2.75 bits per heavy atom. The van der Waals surface area contributed by atoms with Gasteiger partial charge in [0.05, 0.1) is 7.11 Å². The van der Waals surface area contributed by atoms with E-state index in [1.807, 2.05) is 31.2 Å². The van der Waals surface area contributed by atoms with E-state index in [-0.39, 0.29) is 0 Å². The molecule has 0 fully saturated rings. The topological polar surface area (TPSA) is 47.9 Å². The van der Waals surface area contributed by atoms with Gasteiger partial charge in [-0.1, -0.05) is 17.7 Å². The molecule has 1 aromatic carbocycles. The number of aromatic nitrogens is 3. The van der Waals surface area contributed by atoms with Crippen LogP contribution < -0.4 is 4.74 Å². The smallest absolute Gasteiger partial charge is 0.161 e. The maximum absolute atomic E-state index is 6.07. The molecule has 0 spiro atoms. The highest BCUT2D eigenvalue weighted by molar-refractivity contribution is 6.34. The lowest BCUT2D eigenvalue weighted by Gasteiger charge is -2.10. The number of nitrogens with zero attached hydrogens (tertiary/aromatic N) is 3. The molecule has 2 heterocycles. The van der Waals surface area contributed by atoms with Gasteiger partial charge in [0.1, 0.15) is 11.4 Å². The number of pyridine rings is 1. The van der Waals surface area contributed by atoms with Gasteiger partial charge in [0.25, 0.3) is 0 Å². The van der Waals surface area contributed by atoms with Crippen LogP contribution in [0.4, 0.5) is 0 Å². The zero-order valence-corrected chi connectivity index (χ0v) is 11.8. The molecule has 0 unspecified atom stereocenters. The van der Waals surface area contributed by atoms with Gasteiger partial charge in [-0.3, -0.25) is 4.98 Å². The number of rotatable bonds is 2. The van der Waals surface area contributed by atoms with Gasteiger partial charge in [0.2, 0.25) is 0 Å². The molecule has 20 heavy (non-hydrogen) atoms. The second-order valence-corrected chi connectivity index (χ2v) is 4.82. The van der Waals surface area contributed by atoms with Crippen molar-refractivity contribution in [1.82, 2.24) is 15.2 Å². The van der Waals surface area contributed by atoms with Gasteiger partial charge >= 0.3 is 0 Å². The number of fused-ring (bicyclic) bond motifs is 1. The summed E-state index contributed by atoms with van der Waals surface area (Å²) in [6.45, 7) is 2.02. The average molecular weight is 286 g/mol. The van der Waals surface area contributed by atoms with E-state index in [1.165, 1.54) is 0 Å². The molecular weight excluding hydrogens is 274 g/mol. The van der Waals surface area contributed by atoms with Crippen LogP contribution in [0.25, 0.3) is 22.0 Å². The average Bonchev–Trinajstić information content (AvgIpc) is 2.48.